The summed E-state index contributed by atoms with van der Waals surface area (Å²) in [6.07, 6.45) is 10.8. The van der Waals surface area contributed by atoms with Crippen molar-refractivity contribution in [2.45, 2.75) is 80.7 Å². The molecule has 0 aliphatic heterocycles. The minimum atomic E-state index is -0.264. The average molecular weight is 444 g/mol. The highest BCUT2D eigenvalue weighted by molar-refractivity contribution is 8.00. The van der Waals surface area contributed by atoms with E-state index in [1.807, 2.05) is 6.92 Å². The van der Waals surface area contributed by atoms with Crippen LogP contribution < -0.4 is 10.9 Å². The largest absolute Gasteiger partial charge is 0.350 e. The quantitative estimate of drug-likeness (QED) is 0.572. The third-order valence-electron chi connectivity index (χ3n) is 7.98. The molecule has 4 saturated carbocycles. The molecule has 0 saturated heterocycles. The molecule has 0 aromatic carbocycles. The summed E-state index contributed by atoms with van der Waals surface area (Å²) in [5, 5.41) is 4.67. The molecule has 5 nitrogen and oxygen atoms in total. The van der Waals surface area contributed by atoms with Crippen LogP contribution in [0.1, 0.15) is 62.3 Å². The second kappa shape index (κ2) is 6.83. The first-order chi connectivity index (χ1) is 14.4. The van der Waals surface area contributed by atoms with E-state index in [0.717, 1.165) is 66.5 Å². The molecule has 1 unspecified atom stereocenters. The Balaban J connectivity index is 1.22. The van der Waals surface area contributed by atoms with Crippen molar-refractivity contribution in [3.63, 3.8) is 0 Å². The summed E-state index contributed by atoms with van der Waals surface area (Å²) in [6, 6.07) is 0. The molecule has 160 valence electrons. The Hall–Kier alpha value is -1.34. The van der Waals surface area contributed by atoms with E-state index in [0.29, 0.717) is 5.16 Å². The van der Waals surface area contributed by atoms with E-state index in [1.165, 1.54) is 41.5 Å². The molecule has 2 heterocycles. The van der Waals surface area contributed by atoms with Gasteiger partial charge in [-0.15, -0.1) is 11.3 Å². The van der Waals surface area contributed by atoms with Gasteiger partial charge in [-0.25, -0.2) is 4.98 Å². The van der Waals surface area contributed by atoms with Gasteiger partial charge < -0.3 is 5.32 Å². The number of aromatic nitrogens is 2. The molecular weight excluding hydrogens is 414 g/mol. The zero-order valence-electron chi connectivity index (χ0n) is 17.7. The Kier molecular flexibility index (Phi) is 4.40. The number of hydrogen-bond acceptors (Lipinski definition) is 5. The maximum atomic E-state index is 13.2. The SMILES string of the molecule is CC(Sc1nc2sc3c(c2c(=O)n1C)CCC3)C(=O)NC12CC3CC(CC(C3)C1)C2. The van der Waals surface area contributed by atoms with E-state index < -0.39 is 0 Å². The van der Waals surface area contributed by atoms with E-state index in [9.17, 15) is 9.59 Å². The fourth-order valence-corrected chi connectivity index (χ4v) is 9.23. The van der Waals surface area contributed by atoms with Crippen molar-refractivity contribution >= 4 is 39.2 Å². The number of aryl methyl sites for hydroxylation is 2. The second-order valence-electron chi connectivity index (χ2n) is 10.2. The Morgan fingerprint density at radius 1 is 1.20 bits per heavy atom. The lowest BCUT2D eigenvalue weighted by molar-refractivity contribution is -0.126. The normalized spacial score (nSPS) is 32.5. The van der Waals surface area contributed by atoms with Crippen molar-refractivity contribution in [1.29, 1.82) is 0 Å². The number of carbonyl (C=O) groups is 1. The van der Waals surface area contributed by atoms with Crippen molar-refractivity contribution in [3.05, 3.63) is 20.8 Å². The molecule has 1 atom stereocenters. The van der Waals surface area contributed by atoms with Crippen molar-refractivity contribution in [2.75, 3.05) is 0 Å². The number of thiophene rings is 1. The van der Waals surface area contributed by atoms with Crippen LogP contribution in [0.5, 0.6) is 0 Å². The van der Waals surface area contributed by atoms with Gasteiger partial charge in [0.1, 0.15) is 4.83 Å². The van der Waals surface area contributed by atoms with Crippen LogP contribution in [0.2, 0.25) is 0 Å². The molecule has 4 fully saturated rings. The van der Waals surface area contributed by atoms with Gasteiger partial charge in [0.25, 0.3) is 5.56 Å². The highest BCUT2D eigenvalue weighted by Crippen LogP contribution is 2.55. The van der Waals surface area contributed by atoms with Crippen molar-refractivity contribution in [3.8, 4) is 0 Å². The van der Waals surface area contributed by atoms with Gasteiger partial charge in [-0.05, 0) is 88.0 Å². The minimum absolute atomic E-state index is 0.0263. The van der Waals surface area contributed by atoms with Gasteiger partial charge in [-0.2, -0.15) is 0 Å². The third kappa shape index (κ3) is 2.99. The summed E-state index contributed by atoms with van der Waals surface area (Å²) < 4.78 is 1.65. The van der Waals surface area contributed by atoms with Gasteiger partial charge in [0.15, 0.2) is 5.16 Å². The maximum Gasteiger partial charge on any atom is 0.262 e. The van der Waals surface area contributed by atoms with Crippen LogP contribution in [0.25, 0.3) is 10.2 Å². The van der Waals surface area contributed by atoms with Gasteiger partial charge in [0.05, 0.1) is 10.6 Å². The van der Waals surface area contributed by atoms with Crippen LogP contribution in [0, 0.1) is 17.8 Å². The molecule has 30 heavy (non-hydrogen) atoms. The van der Waals surface area contributed by atoms with Gasteiger partial charge >= 0.3 is 0 Å². The summed E-state index contributed by atoms with van der Waals surface area (Å²) in [5.41, 5.74) is 1.28. The number of fused-ring (bicyclic) bond motifs is 3. The first-order valence-corrected chi connectivity index (χ1v) is 13.1. The number of amides is 1. The van der Waals surface area contributed by atoms with Crippen LogP contribution in [0.4, 0.5) is 0 Å². The molecule has 2 aromatic heterocycles. The predicted molar refractivity (Wildman–Crippen MR) is 121 cm³/mol. The zero-order valence-corrected chi connectivity index (χ0v) is 19.3. The maximum absolute atomic E-state index is 13.2. The van der Waals surface area contributed by atoms with Crippen molar-refractivity contribution in [2.24, 2.45) is 24.8 Å². The Bertz CT molecular complexity index is 1070. The second-order valence-corrected chi connectivity index (χ2v) is 12.6. The summed E-state index contributed by atoms with van der Waals surface area (Å²) in [4.78, 5) is 33.2. The molecule has 1 amide bonds. The van der Waals surface area contributed by atoms with Gasteiger partial charge in [-0.1, -0.05) is 11.8 Å². The van der Waals surface area contributed by atoms with E-state index >= 15 is 0 Å². The van der Waals surface area contributed by atoms with Gasteiger partial charge in [-0.3, -0.25) is 14.2 Å². The summed E-state index contributed by atoms with van der Waals surface area (Å²) in [7, 11) is 1.79. The van der Waals surface area contributed by atoms with E-state index in [1.54, 1.807) is 23.0 Å². The lowest BCUT2D eigenvalue weighted by Crippen LogP contribution is -2.60. The molecule has 2 aromatic rings. The van der Waals surface area contributed by atoms with Crippen molar-refractivity contribution < 1.29 is 4.79 Å². The number of rotatable bonds is 4. The highest BCUT2D eigenvalue weighted by atomic mass is 32.2. The van der Waals surface area contributed by atoms with Crippen LogP contribution in [0.3, 0.4) is 0 Å². The molecule has 0 spiro atoms. The summed E-state index contributed by atoms with van der Waals surface area (Å²) in [5.74, 6) is 2.53. The molecular formula is C23H29N3O2S2. The van der Waals surface area contributed by atoms with Crippen LogP contribution in [0.15, 0.2) is 9.95 Å². The van der Waals surface area contributed by atoms with E-state index in [2.05, 4.69) is 5.32 Å². The van der Waals surface area contributed by atoms with Crippen LogP contribution >= 0.6 is 23.1 Å². The molecule has 7 rings (SSSR count). The fourth-order valence-electron chi connectivity index (χ4n) is 7.05. The molecule has 5 aliphatic carbocycles. The molecule has 5 aliphatic rings. The molecule has 7 heteroatoms. The fraction of sp³-hybridized carbons (Fsp3) is 0.696. The highest BCUT2D eigenvalue weighted by Gasteiger charge is 2.51. The van der Waals surface area contributed by atoms with Crippen LogP contribution in [-0.2, 0) is 24.7 Å². The lowest BCUT2D eigenvalue weighted by atomic mass is 9.53. The Labute approximate surface area is 185 Å². The van der Waals surface area contributed by atoms with Gasteiger partial charge in [0, 0.05) is 17.5 Å². The zero-order chi connectivity index (χ0) is 20.6. The number of thioether (sulfide) groups is 1. The smallest absolute Gasteiger partial charge is 0.262 e. The monoisotopic (exact) mass is 443 g/mol. The number of carbonyl (C=O) groups excluding carboxylic acids is 1. The Morgan fingerprint density at radius 3 is 2.53 bits per heavy atom. The Morgan fingerprint density at radius 2 is 1.87 bits per heavy atom. The topological polar surface area (TPSA) is 64.0 Å². The molecule has 4 bridgehead atoms. The first-order valence-electron chi connectivity index (χ1n) is 11.4. The molecule has 1 N–H and O–H groups in total. The van der Waals surface area contributed by atoms with E-state index in [4.69, 9.17) is 4.98 Å². The number of hydrogen-bond donors (Lipinski definition) is 1. The molecule has 0 radical (unpaired) electrons. The minimum Gasteiger partial charge on any atom is -0.350 e. The van der Waals surface area contributed by atoms with Gasteiger partial charge in [0.2, 0.25) is 5.91 Å². The average Bonchev–Trinajstić information content (AvgIpc) is 3.25. The number of nitrogens with zero attached hydrogens (tertiary/aromatic N) is 2. The van der Waals surface area contributed by atoms with Crippen LogP contribution in [-0.4, -0.2) is 26.2 Å². The lowest BCUT2D eigenvalue weighted by Gasteiger charge is -2.57. The summed E-state index contributed by atoms with van der Waals surface area (Å²) in [6.45, 7) is 1.95. The number of nitrogens with one attached hydrogen (secondary N) is 1. The predicted octanol–water partition coefficient (Wildman–Crippen LogP) is 4.05. The van der Waals surface area contributed by atoms with Crippen molar-refractivity contribution in [1.82, 2.24) is 14.9 Å². The third-order valence-corrected chi connectivity index (χ3v) is 10.3. The van der Waals surface area contributed by atoms with E-state index in [-0.39, 0.29) is 22.3 Å². The standard InChI is InChI=1S/C23H29N3O2S2/c1-12(19(27)25-23-9-13-6-14(10-23)8-15(7-13)11-23)29-22-24-20-18(21(28)26(22)2)16-4-3-5-17(16)30-20/h12-15H,3-11H2,1-2H3,(H,25,27). The summed E-state index contributed by atoms with van der Waals surface area (Å²) >= 11 is 3.09. The first kappa shape index (κ1) is 19.4.